The van der Waals surface area contributed by atoms with Crippen LogP contribution >= 0.6 is 0 Å². The monoisotopic (exact) mass is 1020 g/mol. The quantitative estimate of drug-likeness (QED) is 0.0320. The molecule has 0 radical (unpaired) electrons. The highest BCUT2D eigenvalue weighted by atomic mass is 16.5. The lowest BCUT2D eigenvalue weighted by Gasteiger charge is -2.20. The highest BCUT2D eigenvalue weighted by Crippen LogP contribution is 2.19. The smallest absolute Gasteiger partial charge is 0.305 e. The van der Waals surface area contributed by atoms with Crippen LogP contribution in [0.4, 0.5) is 0 Å². The number of nitrogens with one attached hydrogen (secondary N) is 1. The van der Waals surface area contributed by atoms with E-state index in [1.165, 1.54) is 289 Å². The van der Waals surface area contributed by atoms with E-state index in [1.54, 1.807) is 6.08 Å². The molecule has 6 heteroatoms. The summed E-state index contributed by atoms with van der Waals surface area (Å²) in [5, 5.41) is 23.2. The number of hydrogen-bond acceptors (Lipinski definition) is 5. The lowest BCUT2D eigenvalue weighted by atomic mass is 10.0. The first-order chi connectivity index (χ1) is 35.5. The van der Waals surface area contributed by atoms with Gasteiger partial charge < -0.3 is 20.3 Å². The zero-order chi connectivity index (χ0) is 52.2. The third-order valence-electron chi connectivity index (χ3n) is 15.6. The van der Waals surface area contributed by atoms with Crippen LogP contribution in [-0.4, -0.2) is 47.4 Å². The van der Waals surface area contributed by atoms with E-state index in [4.69, 9.17) is 4.74 Å². The van der Waals surface area contributed by atoms with Gasteiger partial charge in [0.25, 0.3) is 0 Å². The molecule has 0 aromatic carbocycles. The molecule has 0 saturated heterocycles. The van der Waals surface area contributed by atoms with Crippen LogP contribution in [0, 0.1) is 0 Å². The van der Waals surface area contributed by atoms with E-state index < -0.39 is 12.1 Å². The number of carbonyl (C=O) groups excluding carboxylic acids is 2. The van der Waals surface area contributed by atoms with Crippen molar-refractivity contribution >= 4 is 11.9 Å². The Kier molecular flexibility index (Phi) is 60.9. The summed E-state index contributed by atoms with van der Waals surface area (Å²) in [4.78, 5) is 24.6. The van der Waals surface area contributed by atoms with Crippen molar-refractivity contribution in [2.24, 2.45) is 0 Å². The average molecular weight is 1020 g/mol. The van der Waals surface area contributed by atoms with Gasteiger partial charge in [0.1, 0.15) is 0 Å². The lowest BCUT2D eigenvalue weighted by molar-refractivity contribution is -0.143. The molecule has 1 amide bonds. The van der Waals surface area contributed by atoms with Crippen molar-refractivity contribution in [3.63, 3.8) is 0 Å². The van der Waals surface area contributed by atoms with Crippen molar-refractivity contribution in [1.29, 1.82) is 0 Å². The van der Waals surface area contributed by atoms with Gasteiger partial charge in [-0.3, -0.25) is 9.59 Å². The summed E-state index contributed by atoms with van der Waals surface area (Å²) in [5.74, 6) is -0.0711. The average Bonchev–Trinajstić information content (AvgIpc) is 3.38. The standard InChI is InChI=1S/C66H129NO5/c1-3-5-7-9-11-13-15-17-19-21-23-24-25-27-28-30-34-38-42-46-50-54-58-64(69)63(62-68)67-65(70)59-55-51-47-43-39-35-32-33-37-41-45-49-53-57-61-72-66(71)60-56-52-48-44-40-36-31-29-26-22-20-18-16-14-12-10-8-6-4-2/h54,58,63-64,68-69H,3-53,55-57,59-62H2,1-2H3,(H,67,70)/b58-54+. The molecular formula is C66H129NO5. The van der Waals surface area contributed by atoms with Crippen molar-refractivity contribution in [2.45, 2.75) is 386 Å². The van der Waals surface area contributed by atoms with Crippen LogP contribution in [-0.2, 0) is 14.3 Å². The molecule has 0 bridgehead atoms. The largest absolute Gasteiger partial charge is 0.466 e. The molecule has 3 N–H and O–H groups in total. The Morgan fingerprint density at radius 1 is 0.375 bits per heavy atom. The van der Waals surface area contributed by atoms with Crippen molar-refractivity contribution in [3.8, 4) is 0 Å². The Morgan fingerprint density at radius 2 is 0.639 bits per heavy atom. The van der Waals surface area contributed by atoms with Crippen molar-refractivity contribution in [1.82, 2.24) is 5.32 Å². The Bertz CT molecular complexity index is 1080. The first-order valence-electron chi connectivity index (χ1n) is 33.0. The second-order valence-corrected chi connectivity index (χ2v) is 22.8. The van der Waals surface area contributed by atoms with Gasteiger partial charge in [-0.15, -0.1) is 0 Å². The van der Waals surface area contributed by atoms with E-state index in [0.29, 0.717) is 19.4 Å². The molecule has 0 fully saturated rings. The van der Waals surface area contributed by atoms with E-state index in [9.17, 15) is 19.8 Å². The van der Waals surface area contributed by atoms with Gasteiger partial charge in [0.05, 0.1) is 25.4 Å². The second kappa shape index (κ2) is 62.1. The fourth-order valence-corrected chi connectivity index (χ4v) is 10.5. The number of unbranched alkanes of at least 4 members (excludes halogenated alkanes) is 51. The molecule has 0 heterocycles. The Morgan fingerprint density at radius 3 is 0.944 bits per heavy atom. The first kappa shape index (κ1) is 70.6. The molecule has 2 atom stereocenters. The molecule has 0 aliphatic carbocycles. The minimum absolute atomic E-state index is 0.00263. The number of carbonyl (C=O) groups is 2. The summed E-state index contributed by atoms with van der Waals surface area (Å²) in [7, 11) is 0. The zero-order valence-corrected chi connectivity index (χ0v) is 48.9. The summed E-state index contributed by atoms with van der Waals surface area (Å²) >= 11 is 0. The maximum atomic E-state index is 12.5. The Labute approximate surface area is 450 Å². The molecule has 0 spiro atoms. The van der Waals surface area contributed by atoms with E-state index >= 15 is 0 Å². The molecular weight excluding hydrogens is 887 g/mol. The fourth-order valence-electron chi connectivity index (χ4n) is 10.5. The molecule has 0 aromatic rings. The van der Waals surface area contributed by atoms with Crippen molar-refractivity contribution in [3.05, 3.63) is 12.2 Å². The topological polar surface area (TPSA) is 95.9 Å². The number of ether oxygens (including phenoxy) is 1. The van der Waals surface area contributed by atoms with Crippen molar-refractivity contribution in [2.75, 3.05) is 13.2 Å². The third kappa shape index (κ3) is 57.9. The molecule has 0 saturated carbocycles. The molecule has 6 nitrogen and oxygen atoms in total. The van der Waals surface area contributed by atoms with Crippen LogP contribution < -0.4 is 5.32 Å². The van der Waals surface area contributed by atoms with Crippen molar-refractivity contribution < 1.29 is 24.5 Å². The van der Waals surface area contributed by atoms with Gasteiger partial charge in [0, 0.05) is 12.8 Å². The van der Waals surface area contributed by atoms with E-state index in [0.717, 1.165) is 57.8 Å². The summed E-state index contributed by atoms with van der Waals surface area (Å²) in [6.07, 6.45) is 75.4. The van der Waals surface area contributed by atoms with Crippen LogP contribution in [0.15, 0.2) is 12.2 Å². The molecule has 2 unspecified atom stereocenters. The molecule has 0 aliphatic heterocycles. The molecule has 0 aromatic heterocycles. The highest BCUT2D eigenvalue weighted by Gasteiger charge is 2.18. The maximum Gasteiger partial charge on any atom is 0.305 e. The predicted octanol–water partition coefficient (Wildman–Crippen LogP) is 20.8. The lowest BCUT2D eigenvalue weighted by Crippen LogP contribution is -2.45. The normalized spacial score (nSPS) is 12.6. The van der Waals surface area contributed by atoms with Crippen LogP contribution in [0.1, 0.15) is 373 Å². The maximum absolute atomic E-state index is 12.5. The van der Waals surface area contributed by atoms with Gasteiger partial charge >= 0.3 is 5.97 Å². The van der Waals surface area contributed by atoms with E-state index in [1.807, 2.05) is 6.08 Å². The first-order valence-corrected chi connectivity index (χ1v) is 33.0. The third-order valence-corrected chi connectivity index (χ3v) is 15.6. The van der Waals surface area contributed by atoms with E-state index in [2.05, 4.69) is 19.2 Å². The SMILES string of the molecule is CCCCCCCCCCCCCCCCCCCCCC/C=C/C(O)C(CO)NC(=O)CCCCCCCCCCCCCCCCOC(=O)CCCCCCCCCCCCCCCCCCCCC. The number of amides is 1. The van der Waals surface area contributed by atoms with Crippen LogP contribution in [0.25, 0.3) is 0 Å². The van der Waals surface area contributed by atoms with Crippen LogP contribution in [0.3, 0.4) is 0 Å². The highest BCUT2D eigenvalue weighted by molar-refractivity contribution is 5.76. The Balaban J connectivity index is 3.43. The number of esters is 1. The summed E-state index contributed by atoms with van der Waals surface area (Å²) in [6.45, 7) is 4.93. The molecule has 0 rings (SSSR count). The van der Waals surface area contributed by atoms with Gasteiger partial charge in [-0.25, -0.2) is 0 Å². The zero-order valence-electron chi connectivity index (χ0n) is 48.9. The summed E-state index contributed by atoms with van der Waals surface area (Å²) < 4.78 is 5.50. The predicted molar refractivity (Wildman–Crippen MR) is 315 cm³/mol. The number of allylic oxidation sites excluding steroid dienone is 1. The molecule has 0 aliphatic rings. The van der Waals surface area contributed by atoms with Gasteiger partial charge in [-0.2, -0.15) is 0 Å². The number of aliphatic hydroxyl groups excluding tert-OH is 2. The summed E-state index contributed by atoms with van der Waals surface area (Å²) in [6, 6.07) is -0.636. The van der Waals surface area contributed by atoms with Gasteiger partial charge in [-0.1, -0.05) is 341 Å². The fraction of sp³-hybridized carbons (Fsp3) is 0.939. The molecule has 428 valence electrons. The minimum atomic E-state index is -0.852. The van der Waals surface area contributed by atoms with Crippen LogP contribution in [0.5, 0.6) is 0 Å². The van der Waals surface area contributed by atoms with Crippen LogP contribution in [0.2, 0.25) is 0 Å². The van der Waals surface area contributed by atoms with Gasteiger partial charge in [0.15, 0.2) is 0 Å². The van der Waals surface area contributed by atoms with E-state index in [-0.39, 0.29) is 18.5 Å². The number of hydrogen-bond donors (Lipinski definition) is 3. The number of rotatable bonds is 62. The molecule has 72 heavy (non-hydrogen) atoms. The van der Waals surface area contributed by atoms with Gasteiger partial charge in [-0.05, 0) is 32.1 Å². The second-order valence-electron chi connectivity index (χ2n) is 22.8. The number of aliphatic hydroxyl groups is 2. The Hall–Kier alpha value is -1.40. The van der Waals surface area contributed by atoms with Gasteiger partial charge in [0.2, 0.25) is 5.91 Å². The minimum Gasteiger partial charge on any atom is -0.466 e. The summed E-state index contributed by atoms with van der Waals surface area (Å²) in [5.41, 5.74) is 0.